The van der Waals surface area contributed by atoms with Crippen molar-refractivity contribution >= 4 is 16.5 Å². The van der Waals surface area contributed by atoms with E-state index in [1.165, 1.54) is 59.8 Å². The molecule has 0 unspecified atom stereocenters. The second-order valence-electron chi connectivity index (χ2n) is 9.25. The van der Waals surface area contributed by atoms with E-state index in [9.17, 15) is 0 Å². The quantitative estimate of drug-likeness (QED) is 0.612. The Morgan fingerprint density at radius 3 is 2.40 bits per heavy atom. The zero-order valence-electron chi connectivity index (χ0n) is 18.3. The number of H-pyrrole nitrogens is 1. The fourth-order valence-corrected chi connectivity index (χ4v) is 5.79. The number of nitrogens with zero attached hydrogens (tertiary/aromatic N) is 2. The van der Waals surface area contributed by atoms with Gasteiger partial charge in [-0.3, -0.25) is 9.80 Å². The number of rotatable bonds is 4. The van der Waals surface area contributed by atoms with Crippen molar-refractivity contribution in [1.82, 2.24) is 14.8 Å². The van der Waals surface area contributed by atoms with E-state index < -0.39 is 0 Å². The van der Waals surface area contributed by atoms with Crippen molar-refractivity contribution in [2.75, 3.05) is 27.2 Å². The van der Waals surface area contributed by atoms with Gasteiger partial charge in [-0.15, -0.1) is 0 Å². The highest BCUT2D eigenvalue weighted by atomic mass is 15.2. The molecule has 2 aliphatic rings. The predicted molar refractivity (Wildman–Crippen MR) is 127 cm³/mol. The van der Waals surface area contributed by atoms with E-state index >= 15 is 0 Å². The van der Waals surface area contributed by atoms with Gasteiger partial charge in [-0.25, -0.2) is 0 Å². The zero-order chi connectivity index (χ0) is 20.6. The maximum absolute atomic E-state index is 3.44. The second kappa shape index (κ2) is 8.05. The first-order valence-corrected chi connectivity index (χ1v) is 11.4. The van der Waals surface area contributed by atoms with E-state index in [2.05, 4.69) is 95.7 Å². The maximum Gasteiger partial charge on any atom is 0.0460 e. The van der Waals surface area contributed by atoms with Crippen LogP contribution in [0.3, 0.4) is 0 Å². The molecule has 30 heavy (non-hydrogen) atoms. The molecule has 156 valence electrons. The summed E-state index contributed by atoms with van der Waals surface area (Å²) in [7, 11) is 4.51. The summed E-state index contributed by atoms with van der Waals surface area (Å²) >= 11 is 0. The molecule has 1 fully saturated rings. The van der Waals surface area contributed by atoms with Crippen molar-refractivity contribution in [2.24, 2.45) is 0 Å². The lowest BCUT2D eigenvalue weighted by atomic mass is 9.73. The lowest BCUT2D eigenvalue weighted by molar-refractivity contribution is 0.0525. The van der Waals surface area contributed by atoms with Crippen LogP contribution in [0.15, 0.2) is 66.9 Å². The SMILES string of the molecule is CN(C)C1(c2ccccc2)CCC(N2CC=C(c3c[nH]c4ccccc34)CC2)CC1. The molecule has 3 aromatic rings. The van der Waals surface area contributed by atoms with Crippen molar-refractivity contribution in [3.63, 3.8) is 0 Å². The van der Waals surface area contributed by atoms with Gasteiger partial charge in [0.25, 0.3) is 0 Å². The monoisotopic (exact) mass is 399 g/mol. The fourth-order valence-electron chi connectivity index (χ4n) is 5.79. The highest BCUT2D eigenvalue weighted by molar-refractivity contribution is 5.92. The first kappa shape index (κ1) is 19.6. The third-order valence-corrected chi connectivity index (χ3v) is 7.64. The molecule has 1 aliphatic carbocycles. The molecule has 0 amide bonds. The van der Waals surface area contributed by atoms with Gasteiger partial charge in [-0.1, -0.05) is 54.6 Å². The predicted octanol–water partition coefficient (Wildman–Crippen LogP) is 5.66. The van der Waals surface area contributed by atoms with Crippen LogP contribution in [-0.4, -0.2) is 48.0 Å². The van der Waals surface area contributed by atoms with Gasteiger partial charge in [0, 0.05) is 47.3 Å². The maximum atomic E-state index is 3.44. The van der Waals surface area contributed by atoms with E-state index in [0.29, 0.717) is 6.04 Å². The van der Waals surface area contributed by atoms with Gasteiger partial charge in [-0.05, 0) is 63.4 Å². The number of benzene rings is 2. The van der Waals surface area contributed by atoms with Crippen LogP contribution in [0.4, 0.5) is 0 Å². The van der Waals surface area contributed by atoms with Gasteiger partial charge < -0.3 is 4.98 Å². The average molecular weight is 400 g/mol. The number of hydrogen-bond donors (Lipinski definition) is 1. The molecule has 1 saturated carbocycles. The molecule has 0 atom stereocenters. The van der Waals surface area contributed by atoms with Crippen LogP contribution in [0.1, 0.15) is 43.2 Å². The highest BCUT2D eigenvalue weighted by Crippen LogP contribution is 2.42. The van der Waals surface area contributed by atoms with Gasteiger partial charge in [0.2, 0.25) is 0 Å². The normalized spacial score (nSPS) is 25.6. The molecule has 1 N–H and O–H groups in total. The highest BCUT2D eigenvalue weighted by Gasteiger charge is 2.40. The summed E-state index contributed by atoms with van der Waals surface area (Å²) in [5.41, 5.74) is 5.81. The fraction of sp³-hybridized carbons (Fsp3) is 0.407. The van der Waals surface area contributed by atoms with Crippen LogP contribution in [0.5, 0.6) is 0 Å². The zero-order valence-corrected chi connectivity index (χ0v) is 18.3. The summed E-state index contributed by atoms with van der Waals surface area (Å²) in [6.07, 6.45) is 10.9. The van der Waals surface area contributed by atoms with Crippen molar-refractivity contribution in [3.05, 3.63) is 78.0 Å². The Morgan fingerprint density at radius 2 is 1.70 bits per heavy atom. The van der Waals surface area contributed by atoms with E-state index in [1.807, 2.05) is 0 Å². The summed E-state index contributed by atoms with van der Waals surface area (Å²) in [5.74, 6) is 0. The van der Waals surface area contributed by atoms with Crippen LogP contribution in [0.25, 0.3) is 16.5 Å². The first-order chi connectivity index (χ1) is 14.7. The van der Waals surface area contributed by atoms with Crippen molar-refractivity contribution in [3.8, 4) is 0 Å². The summed E-state index contributed by atoms with van der Waals surface area (Å²) in [6, 6.07) is 20.5. The molecule has 0 radical (unpaired) electrons. The minimum atomic E-state index is 0.193. The molecule has 0 saturated heterocycles. The first-order valence-electron chi connectivity index (χ1n) is 11.4. The molecular weight excluding hydrogens is 366 g/mol. The van der Waals surface area contributed by atoms with Crippen molar-refractivity contribution in [1.29, 1.82) is 0 Å². The van der Waals surface area contributed by atoms with Crippen molar-refractivity contribution < 1.29 is 0 Å². The summed E-state index contributed by atoms with van der Waals surface area (Å²) < 4.78 is 0. The number of fused-ring (bicyclic) bond motifs is 1. The van der Waals surface area contributed by atoms with Gasteiger partial charge in [0.1, 0.15) is 0 Å². The Bertz CT molecular complexity index is 1020. The summed E-state index contributed by atoms with van der Waals surface area (Å²) in [4.78, 5) is 8.62. The van der Waals surface area contributed by atoms with Crippen LogP contribution in [-0.2, 0) is 5.54 Å². The molecule has 0 spiro atoms. The van der Waals surface area contributed by atoms with Gasteiger partial charge in [-0.2, -0.15) is 0 Å². The van der Waals surface area contributed by atoms with Gasteiger partial charge in [0.15, 0.2) is 0 Å². The Hall–Kier alpha value is -2.36. The van der Waals surface area contributed by atoms with Crippen LogP contribution < -0.4 is 0 Å². The van der Waals surface area contributed by atoms with Gasteiger partial charge in [0.05, 0.1) is 0 Å². The largest absolute Gasteiger partial charge is 0.361 e. The molecule has 3 heteroatoms. The van der Waals surface area contributed by atoms with Crippen LogP contribution in [0, 0.1) is 0 Å². The number of para-hydroxylation sites is 1. The topological polar surface area (TPSA) is 22.3 Å². The number of aromatic amines is 1. The van der Waals surface area contributed by atoms with E-state index in [1.54, 1.807) is 0 Å². The molecule has 0 bridgehead atoms. The second-order valence-corrected chi connectivity index (χ2v) is 9.25. The van der Waals surface area contributed by atoms with Gasteiger partial charge >= 0.3 is 0 Å². The Labute approximate surface area is 180 Å². The standard InChI is InChI=1S/C27H33N3/c1-29(2)27(22-8-4-3-5-9-22)16-12-23(13-17-27)30-18-14-21(15-19-30)25-20-28-26-11-7-6-10-24(25)26/h3-11,14,20,23,28H,12-13,15-19H2,1-2H3. The van der Waals surface area contributed by atoms with E-state index in [-0.39, 0.29) is 5.54 Å². The van der Waals surface area contributed by atoms with Crippen molar-refractivity contribution in [2.45, 2.75) is 43.7 Å². The Morgan fingerprint density at radius 1 is 0.967 bits per heavy atom. The molecule has 5 rings (SSSR count). The smallest absolute Gasteiger partial charge is 0.0460 e. The number of nitrogens with one attached hydrogen (secondary N) is 1. The lowest BCUT2D eigenvalue weighted by Gasteiger charge is -2.48. The van der Waals surface area contributed by atoms with E-state index in [4.69, 9.17) is 0 Å². The van der Waals surface area contributed by atoms with E-state index in [0.717, 1.165) is 13.0 Å². The Kier molecular flexibility index (Phi) is 5.26. The lowest BCUT2D eigenvalue weighted by Crippen LogP contribution is -2.49. The molecular formula is C27H33N3. The summed E-state index contributed by atoms with van der Waals surface area (Å²) in [6.45, 7) is 2.26. The minimum Gasteiger partial charge on any atom is -0.361 e. The molecule has 1 aromatic heterocycles. The molecule has 2 heterocycles. The third kappa shape index (κ3) is 3.40. The third-order valence-electron chi connectivity index (χ3n) is 7.64. The minimum absolute atomic E-state index is 0.193. The molecule has 1 aliphatic heterocycles. The number of aromatic nitrogens is 1. The Balaban J connectivity index is 1.28. The average Bonchev–Trinajstić information content (AvgIpc) is 3.24. The number of hydrogen-bond acceptors (Lipinski definition) is 2. The molecule has 2 aromatic carbocycles. The van der Waals surface area contributed by atoms with Crippen LogP contribution in [0.2, 0.25) is 0 Å². The summed E-state index contributed by atoms with van der Waals surface area (Å²) in [5, 5.41) is 1.36. The molecule has 3 nitrogen and oxygen atoms in total. The van der Waals surface area contributed by atoms with Crippen LogP contribution >= 0.6 is 0 Å².